The van der Waals surface area contributed by atoms with E-state index in [4.69, 9.17) is 14.9 Å². The first-order valence-corrected chi connectivity index (χ1v) is 13.0. The van der Waals surface area contributed by atoms with Crippen molar-refractivity contribution in [3.63, 3.8) is 0 Å². The van der Waals surface area contributed by atoms with Gasteiger partial charge >= 0.3 is 0 Å². The van der Waals surface area contributed by atoms with Crippen LogP contribution in [0.2, 0.25) is 0 Å². The van der Waals surface area contributed by atoms with Gasteiger partial charge in [0, 0.05) is 4.88 Å². The fraction of sp³-hybridized carbons (Fsp3) is 0.310. The minimum atomic E-state index is -0.513. The molecule has 5 rings (SSSR count). The van der Waals surface area contributed by atoms with Crippen molar-refractivity contribution in [2.75, 3.05) is 5.32 Å². The number of nitrogens with two attached hydrogens (primary N) is 1. The molecular formula is C29H30N2O4S. The number of hydrogen-bond acceptors (Lipinski definition) is 5. The van der Waals surface area contributed by atoms with Gasteiger partial charge in [-0.2, -0.15) is 0 Å². The molecule has 0 aliphatic heterocycles. The van der Waals surface area contributed by atoms with Gasteiger partial charge in [0.1, 0.15) is 23.1 Å². The normalized spacial score (nSPS) is 15.5. The van der Waals surface area contributed by atoms with Gasteiger partial charge in [-0.25, -0.2) is 0 Å². The van der Waals surface area contributed by atoms with Crippen LogP contribution in [0.5, 0.6) is 5.75 Å². The van der Waals surface area contributed by atoms with Gasteiger partial charge < -0.3 is 20.2 Å². The molecule has 2 aromatic heterocycles. The first-order valence-electron chi connectivity index (χ1n) is 12.1. The minimum Gasteiger partial charge on any atom is -0.486 e. The SMILES string of the molecule is CC(C)(C)[C@@H]1CCc2c(sc(NC(=O)c3ccc(COc4ccc5ccccc5c4)o3)c2C(N)=O)C1. The van der Waals surface area contributed by atoms with Crippen LogP contribution in [0.4, 0.5) is 5.00 Å². The monoisotopic (exact) mass is 502 g/mol. The zero-order chi connectivity index (χ0) is 25.4. The largest absolute Gasteiger partial charge is 0.486 e. The summed E-state index contributed by atoms with van der Waals surface area (Å²) < 4.78 is 11.6. The molecule has 0 radical (unpaired) electrons. The van der Waals surface area contributed by atoms with Gasteiger partial charge in [-0.05, 0) is 71.2 Å². The lowest BCUT2D eigenvalue weighted by Gasteiger charge is -2.33. The van der Waals surface area contributed by atoms with Crippen LogP contribution in [-0.4, -0.2) is 11.8 Å². The molecule has 0 unspecified atom stereocenters. The van der Waals surface area contributed by atoms with Crippen LogP contribution in [0.15, 0.2) is 59.0 Å². The molecule has 1 aliphatic rings. The van der Waals surface area contributed by atoms with Gasteiger partial charge in [-0.3, -0.25) is 9.59 Å². The van der Waals surface area contributed by atoms with Crippen molar-refractivity contribution in [1.82, 2.24) is 0 Å². The third-order valence-electron chi connectivity index (χ3n) is 6.95. The zero-order valence-corrected chi connectivity index (χ0v) is 21.5. The number of thiophene rings is 1. The second-order valence-corrected chi connectivity index (χ2v) is 11.5. The molecule has 1 aliphatic carbocycles. The Kier molecular flexibility index (Phi) is 6.35. The zero-order valence-electron chi connectivity index (χ0n) is 20.7. The van der Waals surface area contributed by atoms with Gasteiger partial charge in [0.2, 0.25) is 0 Å². The van der Waals surface area contributed by atoms with Crippen molar-refractivity contribution in [3.05, 3.63) is 82.1 Å². The summed E-state index contributed by atoms with van der Waals surface area (Å²) in [4.78, 5) is 26.4. The van der Waals surface area contributed by atoms with Crippen molar-refractivity contribution in [2.45, 2.75) is 46.6 Å². The Balaban J connectivity index is 1.28. The van der Waals surface area contributed by atoms with Crippen molar-refractivity contribution in [3.8, 4) is 5.75 Å². The van der Waals surface area contributed by atoms with Gasteiger partial charge in [0.15, 0.2) is 5.76 Å². The number of benzene rings is 2. The number of anilines is 1. The fourth-order valence-corrected chi connectivity index (χ4v) is 6.16. The molecular weight excluding hydrogens is 472 g/mol. The average Bonchev–Trinajstić information content (AvgIpc) is 3.46. The van der Waals surface area contributed by atoms with E-state index in [0.29, 0.717) is 22.2 Å². The molecule has 0 saturated heterocycles. The Hall–Kier alpha value is -3.58. The number of ether oxygens (including phenoxy) is 1. The third kappa shape index (κ3) is 4.88. The first kappa shape index (κ1) is 24.1. The molecule has 0 saturated carbocycles. The number of fused-ring (bicyclic) bond motifs is 2. The summed E-state index contributed by atoms with van der Waals surface area (Å²) in [5.74, 6) is 0.993. The summed E-state index contributed by atoms with van der Waals surface area (Å²) in [6, 6.07) is 17.3. The average molecular weight is 503 g/mol. The van der Waals surface area contributed by atoms with E-state index >= 15 is 0 Å². The first-order chi connectivity index (χ1) is 17.2. The maximum atomic E-state index is 13.0. The van der Waals surface area contributed by atoms with Crippen molar-refractivity contribution in [1.29, 1.82) is 0 Å². The van der Waals surface area contributed by atoms with E-state index < -0.39 is 11.8 Å². The van der Waals surface area contributed by atoms with E-state index in [0.717, 1.165) is 46.2 Å². The van der Waals surface area contributed by atoms with Crippen molar-refractivity contribution in [2.24, 2.45) is 17.1 Å². The third-order valence-corrected chi connectivity index (χ3v) is 8.12. The number of carbonyl (C=O) groups excluding carboxylic acids is 2. The van der Waals surface area contributed by atoms with Gasteiger partial charge in [0.05, 0.1) is 5.56 Å². The second kappa shape index (κ2) is 9.47. The van der Waals surface area contributed by atoms with Crippen molar-refractivity contribution < 1.29 is 18.7 Å². The smallest absolute Gasteiger partial charge is 0.291 e. The predicted octanol–water partition coefficient (Wildman–Crippen LogP) is 6.58. The molecule has 186 valence electrons. The highest BCUT2D eigenvalue weighted by atomic mass is 32.1. The van der Waals surface area contributed by atoms with Crippen LogP contribution in [0.25, 0.3) is 10.8 Å². The topological polar surface area (TPSA) is 94.6 Å². The van der Waals surface area contributed by atoms with Gasteiger partial charge in [-0.1, -0.05) is 51.1 Å². The second-order valence-electron chi connectivity index (χ2n) is 10.4. The Morgan fingerprint density at radius 1 is 1.11 bits per heavy atom. The molecule has 36 heavy (non-hydrogen) atoms. The van der Waals surface area contributed by atoms with E-state index in [1.807, 2.05) is 42.5 Å². The fourth-order valence-electron chi connectivity index (χ4n) is 4.83. The molecule has 6 nitrogen and oxygen atoms in total. The number of amides is 2. The van der Waals surface area contributed by atoms with Gasteiger partial charge in [-0.15, -0.1) is 11.3 Å². The van der Waals surface area contributed by atoms with E-state index in [1.54, 1.807) is 12.1 Å². The summed E-state index contributed by atoms with van der Waals surface area (Å²) in [6.07, 6.45) is 2.68. The van der Waals surface area contributed by atoms with Crippen LogP contribution in [-0.2, 0) is 19.4 Å². The summed E-state index contributed by atoms with van der Waals surface area (Å²) in [5.41, 5.74) is 7.32. The number of carbonyl (C=O) groups is 2. The lowest BCUT2D eigenvalue weighted by molar-refractivity contribution is 0.0993. The predicted molar refractivity (Wildman–Crippen MR) is 143 cm³/mol. The highest BCUT2D eigenvalue weighted by molar-refractivity contribution is 7.17. The number of primary amides is 1. The lowest BCUT2D eigenvalue weighted by Crippen LogP contribution is -2.27. The Morgan fingerprint density at radius 3 is 2.64 bits per heavy atom. The summed E-state index contributed by atoms with van der Waals surface area (Å²) in [6.45, 7) is 6.92. The van der Waals surface area contributed by atoms with Crippen LogP contribution < -0.4 is 15.8 Å². The quantitative estimate of drug-likeness (QED) is 0.311. The lowest BCUT2D eigenvalue weighted by atomic mass is 9.72. The number of hydrogen-bond donors (Lipinski definition) is 2. The Bertz CT molecular complexity index is 1440. The van der Waals surface area contributed by atoms with E-state index in [-0.39, 0.29) is 17.8 Å². The Labute approximate surface area is 214 Å². The van der Waals surface area contributed by atoms with Crippen LogP contribution >= 0.6 is 11.3 Å². The van der Waals surface area contributed by atoms with E-state index in [9.17, 15) is 9.59 Å². The molecule has 3 N–H and O–H groups in total. The summed E-state index contributed by atoms with van der Waals surface area (Å²) in [7, 11) is 0. The van der Waals surface area contributed by atoms with Crippen LogP contribution in [0.1, 0.15) is 64.3 Å². The van der Waals surface area contributed by atoms with Gasteiger partial charge in [0.25, 0.3) is 11.8 Å². The summed E-state index contributed by atoms with van der Waals surface area (Å²) in [5, 5.41) is 5.60. The molecule has 2 aromatic carbocycles. The highest BCUT2D eigenvalue weighted by Crippen LogP contribution is 2.44. The molecule has 0 bridgehead atoms. The maximum absolute atomic E-state index is 13.0. The van der Waals surface area contributed by atoms with Crippen LogP contribution in [0, 0.1) is 11.3 Å². The molecule has 0 spiro atoms. The molecule has 7 heteroatoms. The molecule has 1 atom stereocenters. The molecule has 0 fully saturated rings. The molecule has 2 amide bonds. The van der Waals surface area contributed by atoms with Crippen molar-refractivity contribution >= 4 is 38.9 Å². The summed E-state index contributed by atoms with van der Waals surface area (Å²) >= 11 is 1.45. The molecule has 4 aromatic rings. The van der Waals surface area contributed by atoms with E-state index in [1.165, 1.54) is 11.3 Å². The Morgan fingerprint density at radius 2 is 1.89 bits per heavy atom. The highest BCUT2D eigenvalue weighted by Gasteiger charge is 2.33. The van der Waals surface area contributed by atoms with E-state index in [2.05, 4.69) is 26.1 Å². The van der Waals surface area contributed by atoms with Crippen LogP contribution in [0.3, 0.4) is 0 Å². The number of nitrogens with one attached hydrogen (secondary N) is 1. The standard InChI is InChI=1S/C29H30N2O4S/c1-29(2,3)19-9-12-22-24(15-19)36-28(25(22)26(30)32)31-27(33)23-13-11-21(35-23)16-34-20-10-8-17-6-4-5-7-18(17)14-20/h4-8,10-11,13-14,19H,9,12,15-16H2,1-3H3,(H2,30,32)(H,31,33)/t19-/m1/s1. The maximum Gasteiger partial charge on any atom is 0.291 e. The number of rotatable bonds is 6. The molecule has 2 heterocycles. The number of furan rings is 1. The minimum absolute atomic E-state index is 0.154.